The summed E-state index contributed by atoms with van der Waals surface area (Å²) in [5.74, 6) is -0.211. The molecule has 0 spiro atoms. The number of rotatable bonds is 7. The standard InChI is InChI=1S/C31H26ClN3O4S3/c1-17-8-13-21-23(14-17)42-28(26(21)30(38)39-2)33-24(36)16-41-31-34-27-25(29(37)35(31)20-6-4-3-5-7-20)22(15-40-27)18-9-11-19(32)12-10-18/h3-7,9-12,15,17H,8,13-14,16H2,1-2H3,(H,33,36)/t17-/m1/s1. The molecule has 1 N–H and O–H groups in total. The quantitative estimate of drug-likeness (QED) is 0.113. The van der Waals surface area contributed by atoms with E-state index in [0.29, 0.717) is 42.6 Å². The number of para-hydroxylation sites is 1. The topological polar surface area (TPSA) is 90.3 Å². The number of benzene rings is 2. The van der Waals surface area contributed by atoms with Crippen LogP contribution in [0.4, 0.5) is 5.00 Å². The molecule has 0 bridgehead atoms. The zero-order valence-corrected chi connectivity index (χ0v) is 26.0. The Balaban J connectivity index is 1.33. The van der Waals surface area contributed by atoms with Gasteiger partial charge in [-0.05, 0) is 60.6 Å². The number of nitrogens with zero attached hydrogens (tertiary/aromatic N) is 2. The number of esters is 1. The van der Waals surface area contributed by atoms with Gasteiger partial charge in [0.1, 0.15) is 9.83 Å². The van der Waals surface area contributed by atoms with E-state index in [9.17, 15) is 14.4 Å². The van der Waals surface area contributed by atoms with Gasteiger partial charge in [-0.3, -0.25) is 14.2 Å². The Bertz CT molecular complexity index is 1860. The van der Waals surface area contributed by atoms with Gasteiger partial charge in [0.2, 0.25) is 5.91 Å². The van der Waals surface area contributed by atoms with Gasteiger partial charge in [-0.1, -0.05) is 60.6 Å². The van der Waals surface area contributed by atoms with Crippen LogP contribution in [0.5, 0.6) is 0 Å². The van der Waals surface area contributed by atoms with Gasteiger partial charge in [-0.25, -0.2) is 9.78 Å². The van der Waals surface area contributed by atoms with Gasteiger partial charge in [0.15, 0.2) is 5.16 Å². The van der Waals surface area contributed by atoms with Crippen molar-refractivity contribution in [1.29, 1.82) is 0 Å². The predicted octanol–water partition coefficient (Wildman–Crippen LogP) is 7.47. The number of aromatic nitrogens is 2. The first-order valence-corrected chi connectivity index (χ1v) is 16.4. The number of halogens is 1. The second-order valence-electron chi connectivity index (χ2n) is 10.1. The van der Waals surface area contributed by atoms with Gasteiger partial charge < -0.3 is 10.1 Å². The van der Waals surface area contributed by atoms with Crippen LogP contribution >= 0.6 is 46.0 Å². The minimum absolute atomic E-state index is 0.000219. The molecule has 3 aromatic heterocycles. The van der Waals surface area contributed by atoms with E-state index >= 15 is 0 Å². The average Bonchev–Trinajstić information content (AvgIpc) is 3.57. The van der Waals surface area contributed by atoms with Crippen molar-refractivity contribution in [3.63, 3.8) is 0 Å². The molecule has 1 aliphatic rings. The van der Waals surface area contributed by atoms with Crippen molar-refractivity contribution in [2.75, 3.05) is 18.2 Å². The average molecular weight is 636 g/mol. The summed E-state index contributed by atoms with van der Waals surface area (Å²) in [6, 6.07) is 16.6. The zero-order chi connectivity index (χ0) is 29.4. The fraction of sp³-hybridized carbons (Fsp3) is 0.226. The van der Waals surface area contributed by atoms with Gasteiger partial charge in [-0.2, -0.15) is 0 Å². The van der Waals surface area contributed by atoms with Gasteiger partial charge in [0.05, 0.1) is 29.5 Å². The van der Waals surface area contributed by atoms with Gasteiger partial charge in [0, 0.05) is 20.8 Å². The number of fused-ring (bicyclic) bond motifs is 2. The molecule has 5 aromatic rings. The first-order chi connectivity index (χ1) is 20.3. The number of anilines is 1. The third-order valence-corrected chi connectivity index (χ3v) is 10.5. The monoisotopic (exact) mass is 635 g/mol. The lowest BCUT2D eigenvalue weighted by atomic mass is 9.88. The molecule has 6 rings (SSSR count). The molecule has 1 amide bonds. The molecule has 0 fully saturated rings. The highest BCUT2D eigenvalue weighted by atomic mass is 35.5. The number of carbonyl (C=O) groups is 2. The molecule has 0 saturated heterocycles. The number of hydrogen-bond donors (Lipinski definition) is 1. The van der Waals surface area contributed by atoms with Crippen LogP contribution in [0.25, 0.3) is 27.0 Å². The van der Waals surface area contributed by atoms with Crippen LogP contribution in [0.2, 0.25) is 5.02 Å². The van der Waals surface area contributed by atoms with E-state index in [4.69, 9.17) is 21.3 Å². The highest BCUT2D eigenvalue weighted by molar-refractivity contribution is 7.99. The maximum atomic E-state index is 14.0. The van der Waals surface area contributed by atoms with E-state index in [2.05, 4.69) is 12.2 Å². The van der Waals surface area contributed by atoms with Crippen molar-refractivity contribution in [3.8, 4) is 16.8 Å². The Morgan fingerprint density at radius 1 is 1.17 bits per heavy atom. The number of ether oxygens (including phenoxy) is 1. The molecule has 42 heavy (non-hydrogen) atoms. The van der Waals surface area contributed by atoms with Gasteiger partial charge >= 0.3 is 5.97 Å². The largest absolute Gasteiger partial charge is 0.465 e. The lowest BCUT2D eigenvalue weighted by Gasteiger charge is -2.18. The molecule has 7 nitrogen and oxygen atoms in total. The Hall–Kier alpha value is -3.44. The number of amides is 1. The number of thioether (sulfide) groups is 1. The Kier molecular flexibility index (Phi) is 8.22. The summed E-state index contributed by atoms with van der Waals surface area (Å²) >= 11 is 10.1. The molecule has 1 atom stereocenters. The summed E-state index contributed by atoms with van der Waals surface area (Å²) in [6.07, 6.45) is 2.65. The third kappa shape index (κ3) is 5.51. The number of carbonyl (C=O) groups excluding carboxylic acids is 2. The third-order valence-electron chi connectivity index (χ3n) is 7.23. The maximum Gasteiger partial charge on any atom is 0.341 e. The molecule has 0 unspecified atom stereocenters. The van der Waals surface area contributed by atoms with Gasteiger partial charge in [0.25, 0.3) is 5.56 Å². The van der Waals surface area contributed by atoms with Crippen LogP contribution in [0, 0.1) is 5.92 Å². The Labute approximate surface area is 259 Å². The summed E-state index contributed by atoms with van der Waals surface area (Å²) < 4.78 is 6.61. The molecule has 1 aliphatic carbocycles. The number of nitrogens with one attached hydrogen (secondary N) is 1. The molecular weight excluding hydrogens is 610 g/mol. The summed E-state index contributed by atoms with van der Waals surface area (Å²) in [6.45, 7) is 2.19. The van der Waals surface area contributed by atoms with E-state index in [0.717, 1.165) is 40.8 Å². The number of thiophene rings is 2. The Morgan fingerprint density at radius 3 is 2.67 bits per heavy atom. The van der Waals surface area contributed by atoms with Gasteiger partial charge in [-0.15, -0.1) is 22.7 Å². The van der Waals surface area contributed by atoms with Crippen molar-refractivity contribution in [2.45, 2.75) is 31.3 Å². The van der Waals surface area contributed by atoms with Crippen LogP contribution < -0.4 is 10.9 Å². The van der Waals surface area contributed by atoms with Crippen LogP contribution in [-0.4, -0.2) is 34.3 Å². The van der Waals surface area contributed by atoms with E-state index in [1.165, 1.54) is 41.5 Å². The minimum atomic E-state index is -0.441. The van der Waals surface area contributed by atoms with Crippen molar-refractivity contribution in [2.24, 2.45) is 5.92 Å². The van der Waals surface area contributed by atoms with Crippen LogP contribution in [0.1, 0.15) is 34.1 Å². The Morgan fingerprint density at radius 2 is 1.93 bits per heavy atom. The SMILES string of the molecule is COC(=O)c1c(NC(=O)CSc2nc3scc(-c4ccc(Cl)cc4)c3c(=O)n2-c2ccccc2)sc2c1CC[C@@H](C)C2. The molecule has 0 radical (unpaired) electrons. The number of hydrogen-bond acceptors (Lipinski definition) is 8. The van der Waals surface area contributed by atoms with Crippen LogP contribution in [-0.2, 0) is 22.4 Å². The molecule has 214 valence electrons. The summed E-state index contributed by atoms with van der Waals surface area (Å²) in [4.78, 5) is 46.5. The fourth-order valence-corrected chi connectivity index (χ4v) is 8.51. The second kappa shape index (κ2) is 12.0. The van der Waals surface area contributed by atoms with Crippen molar-refractivity contribution in [1.82, 2.24) is 9.55 Å². The summed E-state index contributed by atoms with van der Waals surface area (Å²) in [7, 11) is 1.35. The highest BCUT2D eigenvalue weighted by Crippen LogP contribution is 2.40. The first kappa shape index (κ1) is 28.7. The smallest absolute Gasteiger partial charge is 0.341 e. The molecule has 0 aliphatic heterocycles. The zero-order valence-electron chi connectivity index (χ0n) is 22.8. The van der Waals surface area contributed by atoms with Crippen molar-refractivity contribution >= 4 is 73.1 Å². The normalized spacial score (nSPS) is 14.5. The second-order valence-corrected chi connectivity index (χ2v) is 13.4. The molecule has 3 heterocycles. The molecule has 11 heteroatoms. The minimum Gasteiger partial charge on any atom is -0.465 e. The molecule has 0 saturated carbocycles. The van der Waals surface area contributed by atoms with E-state index in [1.807, 2.05) is 47.8 Å². The van der Waals surface area contributed by atoms with E-state index < -0.39 is 5.97 Å². The van der Waals surface area contributed by atoms with Crippen molar-refractivity contribution < 1.29 is 14.3 Å². The maximum absolute atomic E-state index is 14.0. The summed E-state index contributed by atoms with van der Waals surface area (Å²) in [5, 5.41) is 6.92. The predicted molar refractivity (Wildman–Crippen MR) is 172 cm³/mol. The van der Waals surface area contributed by atoms with E-state index in [-0.39, 0.29) is 17.2 Å². The fourth-order valence-electron chi connectivity index (χ4n) is 5.17. The number of methoxy groups -OCH3 is 1. The highest BCUT2D eigenvalue weighted by Gasteiger charge is 2.29. The first-order valence-electron chi connectivity index (χ1n) is 13.3. The molecular formula is C31H26ClN3O4S3. The summed E-state index contributed by atoms with van der Waals surface area (Å²) in [5.41, 5.74) is 3.53. The molecule has 2 aromatic carbocycles. The lowest BCUT2D eigenvalue weighted by molar-refractivity contribution is -0.113. The van der Waals surface area contributed by atoms with E-state index in [1.54, 1.807) is 16.7 Å². The van der Waals surface area contributed by atoms with Crippen LogP contribution in [0.15, 0.2) is 69.9 Å². The van der Waals surface area contributed by atoms with Crippen molar-refractivity contribution in [3.05, 3.63) is 91.4 Å². The lowest BCUT2D eigenvalue weighted by Crippen LogP contribution is -2.23. The van der Waals surface area contributed by atoms with Crippen LogP contribution in [0.3, 0.4) is 0 Å².